The quantitative estimate of drug-likeness (QED) is 0.118. The first kappa shape index (κ1) is 75.4. The summed E-state index contributed by atoms with van der Waals surface area (Å²) in [5.41, 5.74) is 27.5. The molecule has 0 amide bonds. The number of para-hydroxylation sites is 7. The average Bonchev–Trinajstić information content (AvgIpc) is 1.57. The maximum Gasteiger partial charge on any atom is 0.164 e. The number of nitrogens with zero attached hydrogens (tertiary/aromatic N) is 10. The van der Waals surface area contributed by atoms with Crippen LogP contribution >= 0.6 is 11.3 Å². The van der Waals surface area contributed by atoms with Gasteiger partial charge in [0.25, 0.3) is 0 Å². The lowest BCUT2D eigenvalue weighted by Crippen LogP contribution is -2.00. The maximum atomic E-state index is 6.57. The summed E-state index contributed by atoms with van der Waals surface area (Å²) in [4.78, 5) is 29.9. The molecule has 9 aromatic heterocycles. The molecule has 12 nitrogen and oxygen atoms in total. The molecule has 0 aliphatic carbocycles. The number of hydrogen-bond acceptors (Lipinski definition) is 9. The van der Waals surface area contributed by atoms with Gasteiger partial charge in [-0.05, 0) is 192 Å². The van der Waals surface area contributed by atoms with E-state index in [9.17, 15) is 0 Å². The Morgan fingerprint density at radius 2 is 0.451 bits per heavy atom. The van der Waals surface area contributed by atoms with E-state index in [1.165, 1.54) is 96.5 Å². The molecule has 0 saturated carbocycles. The van der Waals surface area contributed by atoms with Gasteiger partial charge in [-0.1, -0.05) is 267 Å². The van der Waals surface area contributed by atoms with Crippen LogP contribution in [0.1, 0.15) is 0 Å². The van der Waals surface area contributed by atoms with E-state index in [0.717, 1.165) is 133 Å². The predicted molar refractivity (Wildman–Crippen MR) is 548 cm³/mol. The van der Waals surface area contributed by atoms with Crippen LogP contribution in [0.5, 0.6) is 0 Å². The van der Waals surface area contributed by atoms with Crippen LogP contribution in [0.15, 0.2) is 446 Å². The molecule has 0 spiro atoms. The molecule has 0 aliphatic heterocycles. The Morgan fingerprint density at radius 3 is 0.902 bits per heavy atom. The minimum Gasteiger partial charge on any atom is -0.456 e. The fourth-order valence-electron chi connectivity index (χ4n) is 20.1. The van der Waals surface area contributed by atoms with Crippen molar-refractivity contribution < 1.29 is 8.83 Å². The van der Waals surface area contributed by atoms with Gasteiger partial charge in [0.2, 0.25) is 0 Å². The molecule has 0 unspecified atom stereocenters. The molecule has 0 aliphatic rings. The first-order chi connectivity index (χ1) is 65.9. The normalized spacial score (nSPS) is 11.9. The molecular formula is C120H72N10O2S. The van der Waals surface area contributed by atoms with Gasteiger partial charge in [-0.15, -0.1) is 11.3 Å². The van der Waals surface area contributed by atoms with E-state index >= 15 is 0 Å². The molecular weight excluding hydrogens is 1650 g/mol. The number of thiophene rings is 1. The summed E-state index contributed by atoms with van der Waals surface area (Å²) in [6.45, 7) is 0. The number of fused-ring (bicyclic) bond motifs is 21. The van der Waals surface area contributed by atoms with Crippen molar-refractivity contribution in [2.45, 2.75) is 0 Å². The van der Waals surface area contributed by atoms with Gasteiger partial charge in [0.1, 0.15) is 16.7 Å². The van der Waals surface area contributed by atoms with Crippen molar-refractivity contribution in [3.63, 3.8) is 0 Å². The van der Waals surface area contributed by atoms with Crippen molar-refractivity contribution in [3.8, 4) is 113 Å². The lowest BCUT2D eigenvalue weighted by molar-refractivity contribution is 0.666. The van der Waals surface area contributed by atoms with Crippen LogP contribution in [0.2, 0.25) is 0 Å². The summed E-state index contributed by atoms with van der Waals surface area (Å²) >= 11 is 1.81. The summed E-state index contributed by atoms with van der Waals surface area (Å²) in [6.07, 6.45) is 0. The van der Waals surface area contributed by atoms with E-state index in [1.54, 1.807) is 0 Å². The third-order valence-electron chi connectivity index (χ3n) is 26.4. The molecule has 28 rings (SSSR count). The second-order valence-electron chi connectivity index (χ2n) is 34.0. The van der Waals surface area contributed by atoms with E-state index in [4.69, 9.17) is 38.7 Å². The second kappa shape index (κ2) is 30.5. The fourth-order valence-corrected chi connectivity index (χ4v) is 21.2. The van der Waals surface area contributed by atoms with E-state index in [0.29, 0.717) is 34.9 Å². The van der Waals surface area contributed by atoms with Gasteiger partial charge >= 0.3 is 0 Å². The summed E-state index contributed by atoms with van der Waals surface area (Å²) in [5.74, 6) is 3.87. The molecule has 0 atom stereocenters. The van der Waals surface area contributed by atoms with Crippen LogP contribution in [-0.2, 0) is 0 Å². The van der Waals surface area contributed by atoms with E-state index in [2.05, 4.69) is 309 Å². The molecule has 0 N–H and O–H groups in total. The topological polar surface area (TPSA) is 123 Å². The van der Waals surface area contributed by atoms with Crippen molar-refractivity contribution in [2.75, 3.05) is 0 Å². The van der Waals surface area contributed by atoms with Crippen molar-refractivity contribution in [1.29, 1.82) is 0 Å². The van der Waals surface area contributed by atoms with Crippen LogP contribution < -0.4 is 0 Å². The van der Waals surface area contributed by atoms with Gasteiger partial charge in [-0.25, -0.2) is 29.9 Å². The van der Waals surface area contributed by atoms with Gasteiger partial charge in [0, 0.05) is 135 Å². The minimum absolute atomic E-state index is 0.633. The summed E-state index contributed by atoms with van der Waals surface area (Å²) in [5, 5.41) is 16.5. The predicted octanol–water partition coefficient (Wildman–Crippen LogP) is 31.6. The van der Waals surface area contributed by atoms with Gasteiger partial charge < -0.3 is 27.1 Å². The largest absolute Gasteiger partial charge is 0.456 e. The lowest BCUT2D eigenvalue weighted by Gasteiger charge is -2.11. The Morgan fingerprint density at radius 1 is 0.165 bits per heavy atom. The molecule has 0 saturated heterocycles. The Labute approximate surface area is 764 Å². The first-order valence-electron chi connectivity index (χ1n) is 44.7. The van der Waals surface area contributed by atoms with Gasteiger partial charge in [0.05, 0.1) is 49.8 Å². The summed E-state index contributed by atoms with van der Waals surface area (Å²) in [7, 11) is 0. The molecule has 9 heterocycles. The van der Waals surface area contributed by atoms with Crippen molar-refractivity contribution >= 4 is 163 Å². The molecule has 13 heteroatoms. The van der Waals surface area contributed by atoms with E-state index < -0.39 is 0 Å². The second-order valence-corrected chi connectivity index (χ2v) is 35.1. The zero-order valence-corrected chi connectivity index (χ0v) is 72.1. The molecule has 133 heavy (non-hydrogen) atoms. The number of benzene rings is 19. The standard InChI is InChI=1S/C63H37N5OS.C57H35N5O/c1-3-14-38(15-4-1)61-64-62(39-16-5-2-6-17-39)66-63(65-61)42-28-32-58-50(36-42)51-37-43(29-33-59(51)70-58)67-52-22-10-7-18-44(52)48-34-40(26-30-54(48)67)41-27-31-55-49(35-41)45-19-8-11-23-53(45)68(55)56-24-13-21-47-46-20-9-12-25-57(46)69-60(47)56;1-3-13-36(14-4-1)55-58-56(37-15-5-2-6-16-37)60-57(59-55)38-23-27-41(28-24-38)61-49-20-10-7-17-43(49)46-33-39(25-30-51(46)61)40-26-31-52-47(34-40)44-18-8-11-21-50(44)62(52)42-29-32-54-48(35-42)45-19-9-12-22-53(45)63-54/h1-37H;1-35H. The van der Waals surface area contributed by atoms with Crippen molar-refractivity contribution in [2.24, 2.45) is 0 Å². The fraction of sp³-hybridized carbons (Fsp3) is 0. The maximum absolute atomic E-state index is 6.57. The highest BCUT2D eigenvalue weighted by atomic mass is 32.1. The molecule has 0 radical (unpaired) electrons. The highest BCUT2D eigenvalue weighted by Gasteiger charge is 2.25. The smallest absolute Gasteiger partial charge is 0.164 e. The zero-order chi connectivity index (χ0) is 87.3. The third-order valence-corrected chi connectivity index (χ3v) is 27.5. The first-order valence-corrected chi connectivity index (χ1v) is 45.5. The van der Waals surface area contributed by atoms with Gasteiger partial charge in [0.15, 0.2) is 40.5 Å². The molecule has 19 aromatic carbocycles. The molecule has 0 fully saturated rings. The Hall–Kier alpha value is -17.8. The van der Waals surface area contributed by atoms with Crippen LogP contribution in [-0.4, -0.2) is 48.2 Å². The highest BCUT2D eigenvalue weighted by Crippen LogP contribution is 2.46. The monoisotopic (exact) mass is 1720 g/mol. The van der Waals surface area contributed by atoms with Gasteiger partial charge in [-0.3, -0.25) is 0 Å². The minimum atomic E-state index is 0.633. The number of furan rings is 2. The number of hydrogen-bond donors (Lipinski definition) is 0. The van der Waals surface area contributed by atoms with Crippen LogP contribution in [0, 0.1) is 0 Å². The molecule has 28 aromatic rings. The average molecular weight is 1720 g/mol. The Balaban J connectivity index is 0.000000137. The molecule has 620 valence electrons. The van der Waals surface area contributed by atoms with Crippen LogP contribution in [0.4, 0.5) is 0 Å². The summed E-state index contributed by atoms with van der Waals surface area (Å²) in [6, 6.07) is 155. The Bertz CT molecular complexity index is 9490. The summed E-state index contributed by atoms with van der Waals surface area (Å²) < 4.78 is 24.7. The Kier molecular flexibility index (Phi) is 17.3. The highest BCUT2D eigenvalue weighted by molar-refractivity contribution is 7.25. The lowest BCUT2D eigenvalue weighted by atomic mass is 10.0. The SMILES string of the molecule is c1ccc(-c2nc(-c3ccccc3)nc(-c3ccc(-n4c5ccccc5c5cc(-c6ccc7c(c6)c6ccccc6n7-c6ccc7oc8ccccc8c7c6)ccc54)cc3)n2)cc1.c1ccc(-c2nc(-c3ccccc3)nc(-c3ccc4sc5ccc(-n6c7ccccc7c7cc(-c8ccc9c(c8)c8ccccc8n9-c8cccc9c8oc8ccccc89)ccc76)cc5c4c3)n2)cc1. The van der Waals surface area contributed by atoms with Crippen LogP contribution in [0.25, 0.3) is 265 Å². The van der Waals surface area contributed by atoms with E-state index in [1.807, 2.05) is 157 Å². The number of aromatic nitrogens is 10. The van der Waals surface area contributed by atoms with Crippen molar-refractivity contribution in [3.05, 3.63) is 437 Å². The van der Waals surface area contributed by atoms with Gasteiger partial charge in [-0.2, -0.15) is 0 Å². The third kappa shape index (κ3) is 12.5. The van der Waals surface area contributed by atoms with E-state index in [-0.39, 0.29) is 0 Å². The zero-order valence-electron chi connectivity index (χ0n) is 71.3. The molecule has 0 bridgehead atoms. The van der Waals surface area contributed by atoms with Crippen molar-refractivity contribution in [1.82, 2.24) is 48.2 Å². The van der Waals surface area contributed by atoms with Crippen LogP contribution in [0.3, 0.4) is 0 Å². The number of rotatable bonds is 12.